The Morgan fingerprint density at radius 2 is 1.90 bits per heavy atom. The van der Waals surface area contributed by atoms with Crippen LogP contribution in [0.5, 0.6) is 0 Å². The molecule has 1 heterocycles. The van der Waals surface area contributed by atoms with Crippen molar-refractivity contribution in [3.05, 3.63) is 47.1 Å². The SMILES string of the molecule is C=C1C(=O)O[C@@H]2/C=C(\C)[C@@H](OC(C)=O)CC=C(C)C(O)[C@@H](OC(=O)/C(C)=C/C)[C@@H]12. The lowest BCUT2D eigenvalue weighted by Gasteiger charge is -2.32. The molecule has 5 atom stereocenters. The van der Waals surface area contributed by atoms with Crippen molar-refractivity contribution in [2.45, 2.75) is 65.5 Å². The molecule has 2 rings (SSSR count). The average molecular weight is 404 g/mol. The Bertz CT molecular complexity index is 802. The average Bonchev–Trinajstić information content (AvgIpc) is 2.93. The molecule has 1 aliphatic heterocycles. The summed E-state index contributed by atoms with van der Waals surface area (Å²) in [5, 5.41) is 10.9. The van der Waals surface area contributed by atoms with Crippen molar-refractivity contribution in [1.29, 1.82) is 0 Å². The summed E-state index contributed by atoms with van der Waals surface area (Å²) in [5.74, 6) is -2.43. The van der Waals surface area contributed by atoms with Gasteiger partial charge in [-0.3, -0.25) is 4.79 Å². The first-order valence-corrected chi connectivity index (χ1v) is 9.50. The number of ether oxygens (including phenoxy) is 3. The van der Waals surface area contributed by atoms with Gasteiger partial charge in [-0.2, -0.15) is 0 Å². The van der Waals surface area contributed by atoms with Crippen molar-refractivity contribution in [2.75, 3.05) is 0 Å². The van der Waals surface area contributed by atoms with Gasteiger partial charge in [0, 0.05) is 24.5 Å². The zero-order chi connectivity index (χ0) is 21.9. The van der Waals surface area contributed by atoms with Crippen LogP contribution in [0.1, 0.15) is 41.0 Å². The lowest BCUT2D eigenvalue weighted by molar-refractivity contribution is -0.153. The van der Waals surface area contributed by atoms with E-state index in [1.165, 1.54) is 6.92 Å². The largest absolute Gasteiger partial charge is 0.458 e. The van der Waals surface area contributed by atoms with Crippen LogP contribution in [0.25, 0.3) is 0 Å². The molecule has 29 heavy (non-hydrogen) atoms. The maximum Gasteiger partial charge on any atom is 0.334 e. The number of aliphatic hydroxyl groups is 1. The Kier molecular flexibility index (Phi) is 7.19. The molecule has 0 aromatic rings. The first kappa shape index (κ1) is 22.6. The van der Waals surface area contributed by atoms with Gasteiger partial charge in [-0.1, -0.05) is 18.7 Å². The number of hydrogen-bond donors (Lipinski definition) is 1. The van der Waals surface area contributed by atoms with Gasteiger partial charge in [0.2, 0.25) is 0 Å². The monoisotopic (exact) mass is 404 g/mol. The number of carbonyl (C=O) groups excluding carboxylic acids is 3. The quantitative estimate of drug-likeness (QED) is 0.334. The Hall–Kier alpha value is -2.67. The van der Waals surface area contributed by atoms with E-state index in [-0.39, 0.29) is 5.57 Å². The third-order valence-electron chi connectivity index (χ3n) is 5.29. The summed E-state index contributed by atoms with van der Waals surface area (Å²) < 4.78 is 16.4. The fourth-order valence-corrected chi connectivity index (χ4v) is 3.36. The van der Waals surface area contributed by atoms with Crippen LogP contribution in [-0.4, -0.2) is 47.4 Å². The summed E-state index contributed by atoms with van der Waals surface area (Å²) >= 11 is 0. The molecular weight excluding hydrogens is 376 g/mol. The van der Waals surface area contributed by atoms with Crippen molar-refractivity contribution in [3.8, 4) is 0 Å². The summed E-state index contributed by atoms with van der Waals surface area (Å²) in [6.45, 7) is 11.9. The van der Waals surface area contributed by atoms with E-state index in [0.717, 1.165) is 0 Å². The van der Waals surface area contributed by atoms with Gasteiger partial charge in [0.05, 0.1) is 5.92 Å². The van der Waals surface area contributed by atoms with E-state index < -0.39 is 48.2 Å². The molecule has 0 amide bonds. The van der Waals surface area contributed by atoms with Gasteiger partial charge < -0.3 is 19.3 Å². The fraction of sp³-hybridized carbons (Fsp3) is 0.500. The maximum absolute atomic E-state index is 12.4. The van der Waals surface area contributed by atoms with Gasteiger partial charge in [0.25, 0.3) is 0 Å². The molecule has 0 radical (unpaired) electrons. The molecule has 0 aromatic heterocycles. The molecule has 0 saturated carbocycles. The number of carbonyl (C=O) groups is 3. The van der Waals surface area contributed by atoms with Crippen molar-refractivity contribution in [3.63, 3.8) is 0 Å². The predicted octanol–water partition coefficient (Wildman–Crippen LogP) is 2.55. The first-order chi connectivity index (χ1) is 13.6. The van der Waals surface area contributed by atoms with Gasteiger partial charge in [-0.15, -0.1) is 0 Å². The lowest BCUT2D eigenvalue weighted by atomic mass is 9.83. The van der Waals surface area contributed by atoms with E-state index in [1.807, 2.05) is 0 Å². The molecule has 0 spiro atoms. The third-order valence-corrected chi connectivity index (χ3v) is 5.29. The molecular formula is C22H28O7. The van der Waals surface area contributed by atoms with Crippen LogP contribution >= 0.6 is 0 Å². The van der Waals surface area contributed by atoms with Gasteiger partial charge in [-0.05, 0) is 44.9 Å². The van der Waals surface area contributed by atoms with Crippen LogP contribution in [0.15, 0.2) is 47.1 Å². The van der Waals surface area contributed by atoms with Crippen LogP contribution in [0.4, 0.5) is 0 Å². The van der Waals surface area contributed by atoms with E-state index in [1.54, 1.807) is 45.9 Å². The van der Waals surface area contributed by atoms with Crippen LogP contribution in [0.3, 0.4) is 0 Å². The molecule has 1 saturated heterocycles. The van der Waals surface area contributed by atoms with Crippen molar-refractivity contribution in [2.24, 2.45) is 5.92 Å². The second kappa shape index (κ2) is 9.22. The highest BCUT2D eigenvalue weighted by atomic mass is 16.6. The number of rotatable bonds is 3. The van der Waals surface area contributed by atoms with E-state index in [0.29, 0.717) is 23.1 Å². The Labute approximate surface area is 170 Å². The highest BCUT2D eigenvalue weighted by Crippen LogP contribution is 2.37. The van der Waals surface area contributed by atoms with Gasteiger partial charge in [0.1, 0.15) is 24.4 Å². The molecule has 1 N–H and O–H groups in total. The normalized spacial score (nSPS) is 32.3. The molecule has 1 aliphatic carbocycles. The molecule has 1 unspecified atom stereocenters. The van der Waals surface area contributed by atoms with Crippen molar-refractivity contribution >= 4 is 17.9 Å². The van der Waals surface area contributed by atoms with Gasteiger partial charge in [-0.25, -0.2) is 9.59 Å². The second-order valence-corrected chi connectivity index (χ2v) is 7.40. The van der Waals surface area contributed by atoms with E-state index >= 15 is 0 Å². The topological polar surface area (TPSA) is 99.1 Å². The van der Waals surface area contributed by atoms with E-state index in [2.05, 4.69) is 6.58 Å². The molecule has 1 fully saturated rings. The predicted molar refractivity (Wildman–Crippen MR) is 106 cm³/mol. The first-order valence-electron chi connectivity index (χ1n) is 9.50. The Morgan fingerprint density at radius 1 is 1.24 bits per heavy atom. The van der Waals surface area contributed by atoms with Crippen LogP contribution in [0.2, 0.25) is 0 Å². The highest BCUT2D eigenvalue weighted by Gasteiger charge is 2.47. The minimum absolute atomic E-state index is 0.117. The lowest BCUT2D eigenvalue weighted by Crippen LogP contribution is -2.43. The van der Waals surface area contributed by atoms with E-state index in [9.17, 15) is 19.5 Å². The Morgan fingerprint density at radius 3 is 2.48 bits per heavy atom. The third kappa shape index (κ3) is 5.03. The molecule has 2 aliphatic rings. The second-order valence-electron chi connectivity index (χ2n) is 7.40. The van der Waals surface area contributed by atoms with Crippen molar-refractivity contribution < 1.29 is 33.7 Å². The van der Waals surface area contributed by atoms with Gasteiger partial charge >= 0.3 is 17.9 Å². The summed E-state index contributed by atoms with van der Waals surface area (Å²) in [6.07, 6.45) is 1.71. The molecule has 7 heteroatoms. The summed E-state index contributed by atoms with van der Waals surface area (Å²) in [4.78, 5) is 36.1. The number of allylic oxidation sites excluding steroid dienone is 1. The standard InChI is InChI=1S/C22H28O7/c1-7-11(2)21(25)29-20-18-14(5)22(26)28-17(18)10-13(4)16(27-15(6)23)9-8-12(3)19(20)24/h7-8,10,16-20,24H,5,9H2,1-4,6H3/b11-7+,12-8?,13-10+/t16-,17+,18-,19?,20-/m0/s1. The molecule has 0 aromatic carbocycles. The van der Waals surface area contributed by atoms with Crippen LogP contribution in [0, 0.1) is 5.92 Å². The van der Waals surface area contributed by atoms with Crippen molar-refractivity contribution in [1.82, 2.24) is 0 Å². The zero-order valence-electron chi connectivity index (χ0n) is 17.4. The summed E-state index contributed by atoms with van der Waals surface area (Å²) in [7, 11) is 0. The minimum Gasteiger partial charge on any atom is -0.458 e. The number of fused-ring (bicyclic) bond motifs is 1. The molecule has 158 valence electrons. The smallest absolute Gasteiger partial charge is 0.334 e. The highest BCUT2D eigenvalue weighted by molar-refractivity contribution is 5.92. The number of esters is 3. The summed E-state index contributed by atoms with van der Waals surface area (Å²) in [5.41, 5.74) is 1.71. The zero-order valence-corrected chi connectivity index (χ0v) is 17.4. The number of aliphatic hydroxyl groups excluding tert-OH is 1. The molecule has 7 nitrogen and oxygen atoms in total. The van der Waals surface area contributed by atoms with Crippen LogP contribution < -0.4 is 0 Å². The van der Waals surface area contributed by atoms with Gasteiger partial charge in [0.15, 0.2) is 0 Å². The van der Waals surface area contributed by atoms with E-state index in [4.69, 9.17) is 14.2 Å². The Balaban J connectivity index is 2.52. The summed E-state index contributed by atoms with van der Waals surface area (Å²) in [6, 6.07) is 0. The molecule has 0 bridgehead atoms. The minimum atomic E-state index is -1.19. The maximum atomic E-state index is 12.4. The number of hydrogen-bond acceptors (Lipinski definition) is 7. The fourth-order valence-electron chi connectivity index (χ4n) is 3.36. The van der Waals surface area contributed by atoms with Crippen LogP contribution in [-0.2, 0) is 28.6 Å².